The van der Waals surface area contributed by atoms with Crippen LogP contribution in [0.4, 0.5) is 0 Å². The first-order chi connectivity index (χ1) is 12.6. The summed E-state index contributed by atoms with van der Waals surface area (Å²) >= 11 is 0. The number of hydrogen-bond donors (Lipinski definition) is 1. The number of benzene rings is 2. The molecule has 1 aliphatic carbocycles. The van der Waals surface area contributed by atoms with Gasteiger partial charge in [-0.15, -0.1) is 0 Å². The first kappa shape index (κ1) is 16.4. The summed E-state index contributed by atoms with van der Waals surface area (Å²) in [4.78, 5) is 23.5. The molecular formula is C21H18O5. The third kappa shape index (κ3) is 2.65. The van der Waals surface area contributed by atoms with Crippen LogP contribution in [-0.2, 0) is 19.4 Å². The van der Waals surface area contributed by atoms with Crippen LogP contribution in [0.25, 0.3) is 11.0 Å². The van der Waals surface area contributed by atoms with E-state index in [0.29, 0.717) is 16.9 Å². The molecule has 5 nitrogen and oxygen atoms in total. The van der Waals surface area contributed by atoms with E-state index in [1.54, 1.807) is 24.3 Å². The van der Waals surface area contributed by atoms with Crippen LogP contribution in [0.1, 0.15) is 39.0 Å². The predicted octanol–water partition coefficient (Wildman–Crippen LogP) is 3.87. The Morgan fingerprint density at radius 1 is 1.15 bits per heavy atom. The zero-order valence-electron chi connectivity index (χ0n) is 14.4. The molecule has 0 fully saturated rings. The highest BCUT2D eigenvalue weighted by Gasteiger charge is 2.21. The Balaban J connectivity index is 1.71. The molecule has 3 aromatic rings. The lowest BCUT2D eigenvalue weighted by atomic mass is 10.0. The molecule has 0 radical (unpaired) electrons. The Labute approximate surface area is 149 Å². The number of aromatic carboxylic acids is 1. The molecule has 0 saturated heterocycles. The molecule has 1 heterocycles. The second kappa shape index (κ2) is 6.33. The normalized spacial score (nSPS) is 13.0. The Hall–Kier alpha value is -3.08. The second-order valence-corrected chi connectivity index (χ2v) is 6.52. The number of aryl methyl sites for hydroxylation is 2. The van der Waals surface area contributed by atoms with E-state index >= 15 is 0 Å². The average molecular weight is 350 g/mol. The number of carbonyl (C=O) groups is 1. The van der Waals surface area contributed by atoms with E-state index in [1.165, 1.54) is 0 Å². The van der Waals surface area contributed by atoms with Gasteiger partial charge < -0.3 is 14.3 Å². The van der Waals surface area contributed by atoms with Gasteiger partial charge in [0.15, 0.2) is 0 Å². The van der Waals surface area contributed by atoms with Crippen LogP contribution in [0.5, 0.6) is 5.75 Å². The SMILES string of the molecule is Cc1c(OCc2ccccc2C(=O)O)ccc2c3c(c(=O)oc12)CCC3. The number of hydrogen-bond acceptors (Lipinski definition) is 4. The van der Waals surface area contributed by atoms with Crippen LogP contribution < -0.4 is 10.4 Å². The van der Waals surface area contributed by atoms with E-state index < -0.39 is 5.97 Å². The molecule has 0 aliphatic heterocycles. The highest BCUT2D eigenvalue weighted by atomic mass is 16.5. The van der Waals surface area contributed by atoms with Crippen molar-refractivity contribution in [3.63, 3.8) is 0 Å². The van der Waals surface area contributed by atoms with E-state index in [1.807, 2.05) is 19.1 Å². The first-order valence-electron chi connectivity index (χ1n) is 8.58. The molecule has 4 rings (SSSR count). The van der Waals surface area contributed by atoms with Crippen molar-refractivity contribution in [3.05, 3.63) is 74.6 Å². The van der Waals surface area contributed by atoms with E-state index in [2.05, 4.69) is 0 Å². The fourth-order valence-electron chi connectivity index (χ4n) is 3.63. The lowest BCUT2D eigenvalue weighted by molar-refractivity contribution is 0.0694. The summed E-state index contributed by atoms with van der Waals surface area (Å²) in [5, 5.41) is 10.2. The highest BCUT2D eigenvalue weighted by Crippen LogP contribution is 2.33. The third-order valence-corrected chi connectivity index (χ3v) is 4.97. The first-order valence-corrected chi connectivity index (χ1v) is 8.58. The van der Waals surface area contributed by atoms with E-state index in [0.717, 1.165) is 41.3 Å². The highest BCUT2D eigenvalue weighted by molar-refractivity contribution is 5.89. The number of ether oxygens (including phenoxy) is 1. The smallest absolute Gasteiger partial charge is 0.339 e. The van der Waals surface area contributed by atoms with Crippen molar-refractivity contribution in [1.29, 1.82) is 0 Å². The van der Waals surface area contributed by atoms with Crippen LogP contribution >= 0.6 is 0 Å². The van der Waals surface area contributed by atoms with Gasteiger partial charge in [-0.25, -0.2) is 9.59 Å². The van der Waals surface area contributed by atoms with E-state index in [4.69, 9.17) is 9.15 Å². The molecule has 0 bridgehead atoms. The third-order valence-electron chi connectivity index (χ3n) is 4.97. The van der Waals surface area contributed by atoms with Gasteiger partial charge in [0.2, 0.25) is 0 Å². The predicted molar refractivity (Wildman–Crippen MR) is 97.0 cm³/mol. The van der Waals surface area contributed by atoms with Crippen molar-refractivity contribution in [2.75, 3.05) is 0 Å². The van der Waals surface area contributed by atoms with E-state index in [9.17, 15) is 14.7 Å². The summed E-state index contributed by atoms with van der Waals surface area (Å²) in [6, 6.07) is 10.5. The zero-order valence-corrected chi connectivity index (χ0v) is 14.4. The standard InChI is InChI=1S/C21H18O5/c1-12-18(25-11-13-5-2-3-6-14(13)20(22)23)10-9-16-15-7-4-8-17(15)21(24)26-19(12)16/h2-3,5-6,9-10H,4,7-8,11H2,1H3,(H,22,23). The molecule has 132 valence electrons. The fraction of sp³-hybridized carbons (Fsp3) is 0.238. The van der Waals surface area contributed by atoms with Crippen molar-refractivity contribution in [2.24, 2.45) is 0 Å². The van der Waals surface area contributed by atoms with Gasteiger partial charge in [-0.05, 0) is 49.9 Å². The monoisotopic (exact) mass is 350 g/mol. The Morgan fingerprint density at radius 3 is 2.73 bits per heavy atom. The molecule has 1 aromatic heterocycles. The summed E-state index contributed by atoms with van der Waals surface area (Å²) in [7, 11) is 0. The summed E-state index contributed by atoms with van der Waals surface area (Å²) < 4.78 is 11.4. The summed E-state index contributed by atoms with van der Waals surface area (Å²) in [6.45, 7) is 1.98. The van der Waals surface area contributed by atoms with Gasteiger partial charge in [0.1, 0.15) is 17.9 Å². The molecule has 26 heavy (non-hydrogen) atoms. The number of fused-ring (bicyclic) bond motifs is 3. The molecule has 2 aromatic carbocycles. The Kier molecular flexibility index (Phi) is 3.99. The minimum Gasteiger partial charge on any atom is -0.488 e. The van der Waals surface area contributed by atoms with Crippen LogP contribution in [0.2, 0.25) is 0 Å². The van der Waals surface area contributed by atoms with Gasteiger partial charge in [-0.1, -0.05) is 18.2 Å². The van der Waals surface area contributed by atoms with Crippen LogP contribution in [0, 0.1) is 6.92 Å². The van der Waals surface area contributed by atoms with E-state index in [-0.39, 0.29) is 17.8 Å². The molecule has 0 spiro atoms. The molecule has 5 heteroatoms. The van der Waals surface area contributed by atoms with Crippen molar-refractivity contribution in [1.82, 2.24) is 0 Å². The molecular weight excluding hydrogens is 332 g/mol. The van der Waals surface area contributed by atoms with Gasteiger partial charge in [-0.3, -0.25) is 0 Å². The lowest BCUT2D eigenvalue weighted by Gasteiger charge is -2.13. The minimum absolute atomic E-state index is 0.129. The Bertz CT molecular complexity index is 1080. The van der Waals surface area contributed by atoms with Crippen molar-refractivity contribution >= 4 is 16.9 Å². The number of carboxylic acids is 1. The average Bonchev–Trinajstić information content (AvgIpc) is 3.13. The molecule has 1 aliphatic rings. The van der Waals surface area contributed by atoms with Crippen molar-refractivity contribution < 1.29 is 19.1 Å². The molecule has 0 amide bonds. The summed E-state index contributed by atoms with van der Waals surface area (Å²) in [5.41, 5.74) is 3.73. The maximum Gasteiger partial charge on any atom is 0.339 e. The fourth-order valence-corrected chi connectivity index (χ4v) is 3.63. The molecule has 1 N–H and O–H groups in total. The second-order valence-electron chi connectivity index (χ2n) is 6.52. The Morgan fingerprint density at radius 2 is 1.92 bits per heavy atom. The van der Waals surface area contributed by atoms with Crippen LogP contribution in [0.15, 0.2) is 45.6 Å². The van der Waals surface area contributed by atoms with Crippen molar-refractivity contribution in [2.45, 2.75) is 32.8 Å². The lowest BCUT2D eigenvalue weighted by Crippen LogP contribution is -2.08. The van der Waals surface area contributed by atoms with Gasteiger partial charge in [-0.2, -0.15) is 0 Å². The topological polar surface area (TPSA) is 76.7 Å². The zero-order chi connectivity index (χ0) is 18.3. The maximum atomic E-state index is 12.2. The molecule has 0 unspecified atom stereocenters. The molecule has 0 saturated carbocycles. The van der Waals surface area contributed by atoms with Crippen LogP contribution in [-0.4, -0.2) is 11.1 Å². The largest absolute Gasteiger partial charge is 0.488 e. The molecule has 0 atom stereocenters. The quantitative estimate of drug-likeness (QED) is 0.723. The van der Waals surface area contributed by atoms with Gasteiger partial charge >= 0.3 is 11.6 Å². The van der Waals surface area contributed by atoms with Gasteiger partial charge in [0.25, 0.3) is 0 Å². The number of carboxylic acid groups (broad SMARTS) is 1. The van der Waals surface area contributed by atoms with Gasteiger partial charge in [0, 0.05) is 22.1 Å². The number of rotatable bonds is 4. The summed E-state index contributed by atoms with van der Waals surface area (Å²) in [6.07, 6.45) is 2.64. The van der Waals surface area contributed by atoms with Crippen LogP contribution in [0.3, 0.4) is 0 Å². The summed E-state index contributed by atoms with van der Waals surface area (Å²) in [5.74, 6) is -0.403. The minimum atomic E-state index is -0.985. The van der Waals surface area contributed by atoms with Crippen molar-refractivity contribution in [3.8, 4) is 5.75 Å². The maximum absolute atomic E-state index is 12.2. The van der Waals surface area contributed by atoms with Gasteiger partial charge in [0.05, 0.1) is 5.56 Å².